The number of sulfonamides is 1. The molecule has 0 bridgehead atoms. The second kappa shape index (κ2) is 10.3. The van der Waals surface area contributed by atoms with Crippen LogP contribution in [0.3, 0.4) is 0 Å². The number of nitrogens with zero attached hydrogens (tertiary/aromatic N) is 3. The molecular formula is C27H30ClFN4O3S2. The Balaban J connectivity index is 1.18. The zero-order valence-electron chi connectivity index (χ0n) is 21.3. The van der Waals surface area contributed by atoms with Crippen molar-refractivity contribution in [1.82, 2.24) is 14.2 Å². The maximum atomic E-state index is 13.5. The number of carbonyl (C=O) groups is 1. The van der Waals surface area contributed by atoms with Crippen molar-refractivity contribution in [2.24, 2.45) is 5.41 Å². The molecule has 1 aromatic heterocycles. The molecular weight excluding hydrogens is 547 g/mol. The summed E-state index contributed by atoms with van der Waals surface area (Å²) in [5.41, 5.74) is 0.830. The Kier molecular flexibility index (Phi) is 7.38. The highest BCUT2D eigenvalue weighted by Crippen LogP contribution is 2.50. The molecule has 0 atom stereocenters. The molecule has 2 aliphatic rings. The fourth-order valence-electron chi connectivity index (χ4n) is 5.71. The highest BCUT2D eigenvalue weighted by molar-refractivity contribution is 7.89. The Morgan fingerprint density at radius 3 is 2.55 bits per heavy atom. The number of carbonyl (C=O) groups excluding carboxylic acids is 1. The van der Waals surface area contributed by atoms with Crippen molar-refractivity contribution in [2.75, 3.05) is 31.5 Å². The van der Waals surface area contributed by atoms with Crippen LogP contribution in [0.15, 0.2) is 58.8 Å². The summed E-state index contributed by atoms with van der Waals surface area (Å²) in [6.45, 7) is 6.10. The highest BCUT2D eigenvalue weighted by atomic mass is 35.5. The molecule has 3 heterocycles. The molecule has 38 heavy (non-hydrogen) atoms. The zero-order valence-corrected chi connectivity index (χ0v) is 23.7. The van der Waals surface area contributed by atoms with Crippen LogP contribution in [0.5, 0.6) is 0 Å². The van der Waals surface area contributed by atoms with Gasteiger partial charge in [-0.1, -0.05) is 17.7 Å². The quantitative estimate of drug-likeness (QED) is 0.419. The minimum absolute atomic E-state index is 0.124. The molecule has 0 radical (unpaired) electrons. The molecule has 1 amide bonds. The Morgan fingerprint density at radius 2 is 1.87 bits per heavy atom. The minimum Gasteiger partial charge on any atom is -0.301 e. The number of hydrogen-bond donors (Lipinski definition) is 1. The predicted molar refractivity (Wildman–Crippen MR) is 148 cm³/mol. The summed E-state index contributed by atoms with van der Waals surface area (Å²) >= 11 is 7.41. The van der Waals surface area contributed by atoms with Crippen molar-refractivity contribution in [3.63, 3.8) is 0 Å². The van der Waals surface area contributed by atoms with Crippen LogP contribution >= 0.6 is 22.9 Å². The van der Waals surface area contributed by atoms with Crippen LogP contribution in [0, 0.1) is 11.2 Å². The third-order valence-electron chi connectivity index (χ3n) is 7.52. The number of aromatic nitrogens is 1. The normalized spacial score (nSPS) is 19.6. The highest BCUT2D eigenvalue weighted by Gasteiger charge is 2.53. The van der Waals surface area contributed by atoms with E-state index in [0.29, 0.717) is 35.5 Å². The van der Waals surface area contributed by atoms with Gasteiger partial charge in [0.2, 0.25) is 15.9 Å². The molecule has 0 aliphatic carbocycles. The lowest BCUT2D eigenvalue weighted by Gasteiger charge is -2.39. The van der Waals surface area contributed by atoms with Crippen molar-refractivity contribution >= 4 is 44.0 Å². The molecule has 2 aromatic carbocycles. The predicted octanol–water partition coefficient (Wildman–Crippen LogP) is 5.50. The van der Waals surface area contributed by atoms with E-state index in [1.54, 1.807) is 34.6 Å². The minimum atomic E-state index is -3.68. The van der Waals surface area contributed by atoms with E-state index in [2.05, 4.69) is 15.2 Å². The second-order valence-corrected chi connectivity index (χ2v) is 14.0. The Bertz CT molecular complexity index is 1430. The summed E-state index contributed by atoms with van der Waals surface area (Å²) in [7, 11) is -3.68. The maximum absolute atomic E-state index is 13.5. The molecule has 11 heteroatoms. The smallest absolute Gasteiger partial charge is 0.243 e. The summed E-state index contributed by atoms with van der Waals surface area (Å²) < 4.78 is 41.8. The van der Waals surface area contributed by atoms with E-state index < -0.39 is 15.6 Å². The first-order valence-electron chi connectivity index (χ1n) is 12.5. The zero-order chi connectivity index (χ0) is 27.1. The van der Waals surface area contributed by atoms with Crippen LogP contribution in [0.4, 0.5) is 9.52 Å². The lowest BCUT2D eigenvalue weighted by molar-refractivity contribution is -0.117. The van der Waals surface area contributed by atoms with E-state index in [1.807, 2.05) is 19.2 Å². The van der Waals surface area contributed by atoms with Gasteiger partial charge in [0.05, 0.1) is 17.1 Å². The number of halogens is 2. The molecule has 0 unspecified atom stereocenters. The van der Waals surface area contributed by atoms with E-state index in [9.17, 15) is 17.6 Å². The molecule has 2 fully saturated rings. The summed E-state index contributed by atoms with van der Waals surface area (Å²) in [5, 5.41) is 5.60. The third-order valence-corrected chi connectivity index (χ3v) is 10.6. The number of piperidine rings is 1. The molecule has 7 nitrogen and oxygen atoms in total. The molecule has 5 rings (SSSR count). The summed E-state index contributed by atoms with van der Waals surface area (Å²) in [6, 6.07) is 12.5. The van der Waals surface area contributed by atoms with Gasteiger partial charge < -0.3 is 5.32 Å². The van der Waals surface area contributed by atoms with E-state index in [-0.39, 0.29) is 28.6 Å². The standard InChI is InChI=1S/C27H30ClFN4O3S2/c1-26(2)17-27(18-33(26)38(35,36)22-5-3-4-20(28)14-22)10-12-32(13-11-27)15-24(34)31-25-30-23(16-37-25)19-6-8-21(29)9-7-19/h3-9,14,16H,10-13,15,17-18H2,1-2H3,(H,30,31,34). The number of nitrogens with one attached hydrogen (secondary N) is 1. The lowest BCUT2D eigenvalue weighted by atomic mass is 9.74. The number of amides is 1. The van der Waals surface area contributed by atoms with Gasteiger partial charge in [-0.25, -0.2) is 17.8 Å². The number of thiazole rings is 1. The molecule has 202 valence electrons. The number of benzene rings is 2. The second-order valence-electron chi connectivity index (χ2n) is 10.8. The van der Waals surface area contributed by atoms with Crippen LogP contribution in [0.25, 0.3) is 11.3 Å². The van der Waals surface area contributed by atoms with E-state index in [4.69, 9.17) is 11.6 Å². The first-order chi connectivity index (χ1) is 18.0. The summed E-state index contributed by atoms with van der Waals surface area (Å²) in [6.07, 6.45) is 2.40. The molecule has 2 aliphatic heterocycles. The van der Waals surface area contributed by atoms with Crippen molar-refractivity contribution in [1.29, 1.82) is 0 Å². The van der Waals surface area contributed by atoms with Gasteiger partial charge in [0, 0.05) is 28.0 Å². The molecule has 1 N–H and O–H groups in total. The monoisotopic (exact) mass is 576 g/mol. The van der Waals surface area contributed by atoms with Crippen molar-refractivity contribution < 1.29 is 17.6 Å². The van der Waals surface area contributed by atoms with Gasteiger partial charge >= 0.3 is 0 Å². The van der Waals surface area contributed by atoms with Gasteiger partial charge in [-0.3, -0.25) is 9.69 Å². The van der Waals surface area contributed by atoms with Crippen LogP contribution in [-0.2, 0) is 14.8 Å². The fraction of sp³-hybridized carbons (Fsp3) is 0.407. The van der Waals surface area contributed by atoms with E-state index in [0.717, 1.165) is 24.8 Å². The Morgan fingerprint density at radius 1 is 1.16 bits per heavy atom. The summed E-state index contributed by atoms with van der Waals surface area (Å²) in [4.78, 5) is 19.5. The topological polar surface area (TPSA) is 82.6 Å². The van der Waals surface area contributed by atoms with Crippen LogP contribution in [0.1, 0.15) is 33.1 Å². The first-order valence-corrected chi connectivity index (χ1v) is 15.2. The largest absolute Gasteiger partial charge is 0.301 e. The average molecular weight is 577 g/mol. The van der Waals surface area contributed by atoms with E-state index in [1.165, 1.54) is 29.5 Å². The Hall–Kier alpha value is -2.37. The number of anilines is 1. The van der Waals surface area contributed by atoms with Crippen molar-refractivity contribution in [3.05, 3.63) is 64.8 Å². The van der Waals surface area contributed by atoms with Gasteiger partial charge in [-0.15, -0.1) is 11.3 Å². The molecule has 0 saturated carbocycles. The number of rotatable bonds is 6. The Labute approximate surface area is 231 Å². The number of hydrogen-bond acceptors (Lipinski definition) is 6. The SMILES string of the molecule is CC1(C)CC2(CCN(CC(=O)Nc3nc(-c4ccc(F)cc4)cs3)CC2)CN1S(=O)(=O)c1cccc(Cl)c1. The van der Waals surface area contributed by atoms with Gasteiger partial charge in [-0.2, -0.15) is 4.31 Å². The number of likely N-dealkylation sites (tertiary alicyclic amines) is 1. The maximum Gasteiger partial charge on any atom is 0.243 e. The van der Waals surface area contributed by atoms with Gasteiger partial charge in [0.25, 0.3) is 0 Å². The van der Waals surface area contributed by atoms with Crippen LogP contribution < -0.4 is 5.32 Å². The first kappa shape index (κ1) is 27.2. The lowest BCUT2D eigenvalue weighted by Crippen LogP contribution is -2.45. The van der Waals surface area contributed by atoms with Gasteiger partial charge in [-0.05, 0) is 94.1 Å². The third kappa shape index (κ3) is 5.65. The van der Waals surface area contributed by atoms with Crippen LogP contribution in [0.2, 0.25) is 5.02 Å². The fourth-order valence-corrected chi connectivity index (χ4v) is 8.64. The van der Waals surface area contributed by atoms with E-state index >= 15 is 0 Å². The van der Waals surface area contributed by atoms with Gasteiger partial charge in [0.15, 0.2) is 5.13 Å². The van der Waals surface area contributed by atoms with Crippen molar-refractivity contribution in [3.8, 4) is 11.3 Å². The van der Waals surface area contributed by atoms with Gasteiger partial charge in [0.1, 0.15) is 5.82 Å². The summed E-state index contributed by atoms with van der Waals surface area (Å²) in [5.74, 6) is -0.449. The van der Waals surface area contributed by atoms with Crippen LogP contribution in [-0.4, -0.2) is 60.2 Å². The molecule has 3 aromatic rings. The molecule has 1 spiro atoms. The average Bonchev–Trinajstić information content (AvgIpc) is 3.43. The molecule has 2 saturated heterocycles. The van der Waals surface area contributed by atoms with Crippen molar-refractivity contribution in [2.45, 2.75) is 43.5 Å².